The van der Waals surface area contributed by atoms with Crippen LogP contribution < -0.4 is 16.3 Å². The van der Waals surface area contributed by atoms with Gasteiger partial charge in [-0.1, -0.05) is 25.9 Å². The van der Waals surface area contributed by atoms with Crippen LogP contribution in [0.3, 0.4) is 0 Å². The minimum atomic E-state index is -1.23. The molecule has 2 atom stereocenters. The molecule has 0 aromatic carbocycles. The predicted octanol–water partition coefficient (Wildman–Crippen LogP) is 2.51. The number of nitrogens with zero attached hydrogens (tertiary/aromatic N) is 4. The summed E-state index contributed by atoms with van der Waals surface area (Å²) in [6, 6.07) is 0. The molecule has 1 aromatic heterocycles. The molecule has 36 heavy (non-hydrogen) atoms. The molecule has 1 amide bonds. The standard InChI is InChI=1S/C25H37FN4O6/c1-15(2)36-27-16(3)19-13-29(14-21(35-9)18-12-17(26)10-11-20(18)34-8)24(33)30(22(19)31)28(7)23(32)25(4,5)6/h10-11,13,15,17,21H,12,14H2,1-9H3/b27-16+. The Kier molecular flexibility index (Phi) is 9.42. The second-order valence-corrected chi connectivity index (χ2v) is 9.90. The summed E-state index contributed by atoms with van der Waals surface area (Å²) in [4.78, 5) is 45.2. The smallest absolute Gasteiger partial charge is 0.350 e. The minimum absolute atomic E-state index is 0.0323. The van der Waals surface area contributed by atoms with Crippen LogP contribution in [0.4, 0.5) is 4.39 Å². The fraction of sp³-hybridized carbons (Fsp3) is 0.600. The molecule has 11 heteroatoms. The zero-order chi connectivity index (χ0) is 27.4. The van der Waals surface area contributed by atoms with Crippen molar-refractivity contribution in [2.75, 3.05) is 26.3 Å². The van der Waals surface area contributed by atoms with Crippen molar-refractivity contribution in [2.24, 2.45) is 10.6 Å². The topological polar surface area (TPSA) is 104 Å². The number of carbonyl (C=O) groups excluding carboxylic acids is 1. The molecule has 2 rings (SSSR count). The first-order valence-electron chi connectivity index (χ1n) is 11.7. The maximum atomic E-state index is 14.2. The van der Waals surface area contributed by atoms with Gasteiger partial charge in [-0.3, -0.25) is 14.2 Å². The van der Waals surface area contributed by atoms with Crippen molar-refractivity contribution in [2.45, 2.75) is 72.9 Å². The average Bonchev–Trinajstić information content (AvgIpc) is 2.80. The third kappa shape index (κ3) is 6.51. The van der Waals surface area contributed by atoms with E-state index >= 15 is 0 Å². The summed E-state index contributed by atoms with van der Waals surface area (Å²) in [5.41, 5.74) is -1.52. The number of rotatable bonds is 9. The van der Waals surface area contributed by atoms with Crippen LogP contribution in [-0.4, -0.2) is 60.5 Å². The van der Waals surface area contributed by atoms with Crippen molar-refractivity contribution in [3.8, 4) is 0 Å². The first-order chi connectivity index (χ1) is 16.7. The average molecular weight is 509 g/mol. The van der Waals surface area contributed by atoms with Gasteiger partial charge in [0.2, 0.25) is 5.91 Å². The molecule has 0 saturated heterocycles. The minimum Gasteiger partial charge on any atom is -0.497 e. The number of amides is 1. The lowest BCUT2D eigenvalue weighted by atomic mass is 9.95. The highest BCUT2D eigenvalue weighted by Gasteiger charge is 2.30. The van der Waals surface area contributed by atoms with E-state index < -0.39 is 34.8 Å². The molecule has 0 N–H and O–H groups in total. The number of methoxy groups -OCH3 is 2. The van der Waals surface area contributed by atoms with Gasteiger partial charge in [0.25, 0.3) is 5.56 Å². The summed E-state index contributed by atoms with van der Waals surface area (Å²) >= 11 is 0. The van der Waals surface area contributed by atoms with Crippen molar-refractivity contribution in [1.82, 2.24) is 9.24 Å². The van der Waals surface area contributed by atoms with Crippen LogP contribution in [0.2, 0.25) is 0 Å². The van der Waals surface area contributed by atoms with E-state index in [1.165, 1.54) is 44.2 Å². The number of hydrogen-bond acceptors (Lipinski definition) is 7. The fourth-order valence-electron chi connectivity index (χ4n) is 3.71. The lowest BCUT2D eigenvalue weighted by Gasteiger charge is -2.28. The number of aromatic nitrogens is 2. The third-order valence-corrected chi connectivity index (χ3v) is 5.60. The Bertz CT molecular complexity index is 1170. The van der Waals surface area contributed by atoms with Gasteiger partial charge < -0.3 is 14.3 Å². The van der Waals surface area contributed by atoms with Crippen LogP contribution in [0, 0.1) is 5.41 Å². The quantitative estimate of drug-likeness (QED) is 0.375. The lowest BCUT2D eigenvalue weighted by molar-refractivity contribution is -0.127. The number of hydrogen-bond donors (Lipinski definition) is 0. The molecular weight excluding hydrogens is 471 g/mol. The van der Waals surface area contributed by atoms with Gasteiger partial charge in [-0.05, 0) is 32.9 Å². The Labute approximate surface area is 210 Å². The number of carbonyl (C=O) groups is 1. The number of alkyl halides is 1. The van der Waals surface area contributed by atoms with Crippen LogP contribution in [-0.2, 0) is 25.7 Å². The molecule has 0 saturated carbocycles. The molecule has 10 nitrogen and oxygen atoms in total. The maximum absolute atomic E-state index is 14.2. The molecule has 200 valence electrons. The molecule has 1 aliphatic carbocycles. The number of halogens is 1. The Morgan fingerprint density at radius 2 is 1.92 bits per heavy atom. The Morgan fingerprint density at radius 3 is 2.44 bits per heavy atom. The van der Waals surface area contributed by atoms with E-state index in [1.807, 2.05) is 0 Å². The van der Waals surface area contributed by atoms with Crippen LogP contribution >= 0.6 is 0 Å². The summed E-state index contributed by atoms with van der Waals surface area (Å²) in [5.74, 6) is 0.00392. The third-order valence-electron chi connectivity index (χ3n) is 5.60. The van der Waals surface area contributed by atoms with E-state index in [9.17, 15) is 18.8 Å². The van der Waals surface area contributed by atoms with E-state index in [0.717, 1.165) is 9.69 Å². The van der Waals surface area contributed by atoms with E-state index in [4.69, 9.17) is 14.3 Å². The second-order valence-electron chi connectivity index (χ2n) is 9.90. The van der Waals surface area contributed by atoms with Crippen molar-refractivity contribution in [3.05, 3.63) is 56.1 Å². The van der Waals surface area contributed by atoms with Crippen LogP contribution in [0.15, 0.2) is 44.4 Å². The Hall–Kier alpha value is -3.21. The number of ether oxygens (including phenoxy) is 2. The van der Waals surface area contributed by atoms with Gasteiger partial charge in [-0.25, -0.2) is 14.2 Å². The molecule has 0 radical (unpaired) electrons. The zero-order valence-electron chi connectivity index (χ0n) is 22.5. The zero-order valence-corrected chi connectivity index (χ0v) is 22.5. The predicted molar refractivity (Wildman–Crippen MR) is 135 cm³/mol. The van der Waals surface area contributed by atoms with E-state index in [1.54, 1.807) is 41.5 Å². The van der Waals surface area contributed by atoms with Gasteiger partial charge in [0.05, 0.1) is 24.9 Å². The molecule has 0 spiro atoms. The van der Waals surface area contributed by atoms with Crippen LogP contribution in [0.1, 0.15) is 53.5 Å². The molecule has 1 heterocycles. The largest absolute Gasteiger partial charge is 0.497 e. The highest BCUT2D eigenvalue weighted by atomic mass is 19.1. The fourth-order valence-corrected chi connectivity index (χ4v) is 3.71. The second kappa shape index (κ2) is 11.7. The molecule has 1 aliphatic rings. The van der Waals surface area contributed by atoms with Crippen molar-refractivity contribution < 1.29 is 23.5 Å². The first-order valence-corrected chi connectivity index (χ1v) is 11.7. The SMILES string of the molecule is COC1=C(C(Cn2cc(/C(C)=N/OC(C)C)c(=O)n(N(C)C(=O)C(C)(C)C)c2=O)OC)CC(F)C=C1. The molecule has 0 aliphatic heterocycles. The van der Waals surface area contributed by atoms with E-state index in [-0.39, 0.29) is 30.3 Å². The van der Waals surface area contributed by atoms with Gasteiger partial charge in [0, 0.05) is 37.8 Å². The normalized spacial score (nSPS) is 17.4. The summed E-state index contributed by atoms with van der Waals surface area (Å²) in [7, 11) is 4.27. The summed E-state index contributed by atoms with van der Waals surface area (Å²) in [6.45, 7) is 10.1. The summed E-state index contributed by atoms with van der Waals surface area (Å²) in [6.07, 6.45) is 2.10. The van der Waals surface area contributed by atoms with Gasteiger partial charge in [-0.2, -0.15) is 4.68 Å². The van der Waals surface area contributed by atoms with Gasteiger partial charge in [0.15, 0.2) is 0 Å². The monoisotopic (exact) mass is 508 g/mol. The van der Waals surface area contributed by atoms with Crippen molar-refractivity contribution >= 4 is 11.6 Å². The Balaban J connectivity index is 2.72. The lowest BCUT2D eigenvalue weighted by Crippen LogP contribution is -2.57. The number of allylic oxidation sites excluding steroid dienone is 2. The molecule has 0 bridgehead atoms. The van der Waals surface area contributed by atoms with E-state index in [2.05, 4.69) is 5.16 Å². The summed E-state index contributed by atoms with van der Waals surface area (Å²) in [5, 5.41) is 5.01. The molecule has 1 aromatic rings. The van der Waals surface area contributed by atoms with E-state index in [0.29, 0.717) is 11.3 Å². The van der Waals surface area contributed by atoms with Gasteiger partial charge in [-0.15, -0.1) is 0 Å². The molecule has 0 fully saturated rings. The maximum Gasteiger partial charge on any atom is 0.350 e. The molecule has 2 unspecified atom stereocenters. The molecular formula is C25H37FN4O6. The van der Waals surface area contributed by atoms with Crippen LogP contribution in [0.25, 0.3) is 0 Å². The van der Waals surface area contributed by atoms with Crippen LogP contribution in [0.5, 0.6) is 0 Å². The van der Waals surface area contributed by atoms with Crippen molar-refractivity contribution in [1.29, 1.82) is 0 Å². The first kappa shape index (κ1) is 29.0. The Morgan fingerprint density at radius 1 is 1.28 bits per heavy atom. The van der Waals surface area contributed by atoms with Gasteiger partial charge in [0.1, 0.15) is 24.1 Å². The highest BCUT2D eigenvalue weighted by Crippen LogP contribution is 2.26. The highest BCUT2D eigenvalue weighted by molar-refractivity contribution is 5.98. The van der Waals surface area contributed by atoms with Gasteiger partial charge >= 0.3 is 5.69 Å². The van der Waals surface area contributed by atoms with Crippen molar-refractivity contribution in [3.63, 3.8) is 0 Å². The summed E-state index contributed by atoms with van der Waals surface area (Å²) < 4.78 is 27.2. The number of oxime groups is 1.